The van der Waals surface area contributed by atoms with Crippen molar-refractivity contribution in [2.45, 2.75) is 38.6 Å². The fourth-order valence-electron chi connectivity index (χ4n) is 1.79. The van der Waals surface area contributed by atoms with Crippen LogP contribution in [0.5, 0.6) is 0 Å². The number of carboxylic acids is 1. The molecule has 1 N–H and O–H groups in total. The van der Waals surface area contributed by atoms with Gasteiger partial charge in [-0.2, -0.15) is 0 Å². The first-order chi connectivity index (χ1) is 6.74. The molecule has 1 heterocycles. The summed E-state index contributed by atoms with van der Waals surface area (Å²) in [5.74, 6) is -0.609. The summed E-state index contributed by atoms with van der Waals surface area (Å²) in [6.45, 7) is 2.63. The fraction of sp³-hybridized carbons (Fsp3) is 0.667. The van der Waals surface area contributed by atoms with Crippen molar-refractivity contribution < 1.29 is 9.90 Å². The van der Waals surface area contributed by atoms with Crippen molar-refractivity contribution in [3.63, 3.8) is 0 Å². The Morgan fingerprint density at radius 3 is 2.79 bits per heavy atom. The Kier molecular flexibility index (Phi) is 2.23. The lowest BCUT2D eigenvalue weighted by Crippen LogP contribution is -2.17. The molecule has 0 spiro atoms. The van der Waals surface area contributed by atoms with Crippen LogP contribution in [0.1, 0.15) is 48.3 Å². The van der Waals surface area contributed by atoms with Crippen molar-refractivity contribution in [1.82, 2.24) is 15.0 Å². The Bertz CT molecular complexity index is 355. The normalized spacial score (nSPS) is 16.6. The summed E-state index contributed by atoms with van der Waals surface area (Å²) < 4.78 is 1.70. The van der Waals surface area contributed by atoms with Crippen molar-refractivity contribution in [3.05, 3.63) is 11.4 Å². The van der Waals surface area contributed by atoms with Crippen molar-refractivity contribution >= 4 is 5.97 Å². The molecule has 2 rings (SSSR count). The van der Waals surface area contributed by atoms with Crippen LogP contribution < -0.4 is 0 Å². The minimum absolute atomic E-state index is 0.136. The van der Waals surface area contributed by atoms with Crippen molar-refractivity contribution in [2.24, 2.45) is 0 Å². The molecule has 76 valence electrons. The maximum atomic E-state index is 10.9. The van der Waals surface area contributed by atoms with Gasteiger partial charge in [0.15, 0.2) is 5.69 Å². The number of aromatic carboxylic acids is 1. The Morgan fingerprint density at radius 1 is 1.64 bits per heavy atom. The molecule has 0 aliphatic heterocycles. The lowest BCUT2D eigenvalue weighted by Gasteiger charge is -2.25. The zero-order valence-corrected chi connectivity index (χ0v) is 8.10. The summed E-state index contributed by atoms with van der Waals surface area (Å²) in [7, 11) is 0. The summed E-state index contributed by atoms with van der Waals surface area (Å²) in [5.41, 5.74) is 0.947. The van der Waals surface area contributed by atoms with Gasteiger partial charge in [0.05, 0.1) is 5.69 Å². The largest absolute Gasteiger partial charge is 0.476 e. The summed E-state index contributed by atoms with van der Waals surface area (Å²) in [6, 6.07) is 0. The average Bonchev–Trinajstić information content (AvgIpc) is 2.45. The Balaban J connectivity index is 2.40. The number of aryl methyl sites for hydroxylation is 1. The van der Waals surface area contributed by atoms with E-state index in [9.17, 15) is 4.79 Å². The monoisotopic (exact) mass is 195 g/mol. The maximum Gasteiger partial charge on any atom is 0.358 e. The molecule has 0 bridgehead atoms. The minimum atomic E-state index is -0.966. The zero-order chi connectivity index (χ0) is 10.1. The lowest BCUT2D eigenvalue weighted by atomic mass is 9.82. The van der Waals surface area contributed by atoms with Crippen molar-refractivity contribution in [3.8, 4) is 0 Å². The Hall–Kier alpha value is -1.39. The molecule has 1 fully saturated rings. The Labute approximate surface area is 81.7 Å². The van der Waals surface area contributed by atoms with Crippen LogP contribution in [0.25, 0.3) is 0 Å². The van der Waals surface area contributed by atoms with Crippen molar-refractivity contribution in [2.75, 3.05) is 0 Å². The number of carboxylic acid groups (broad SMARTS) is 1. The summed E-state index contributed by atoms with van der Waals surface area (Å²) in [5, 5.41) is 16.5. The highest BCUT2D eigenvalue weighted by molar-refractivity contribution is 5.86. The lowest BCUT2D eigenvalue weighted by molar-refractivity contribution is 0.0687. The van der Waals surface area contributed by atoms with Crippen LogP contribution in [-0.4, -0.2) is 26.1 Å². The smallest absolute Gasteiger partial charge is 0.358 e. The van der Waals surface area contributed by atoms with Crippen LogP contribution in [0, 0.1) is 0 Å². The van der Waals surface area contributed by atoms with Gasteiger partial charge in [-0.3, -0.25) is 0 Å². The van der Waals surface area contributed by atoms with E-state index in [-0.39, 0.29) is 5.69 Å². The van der Waals surface area contributed by atoms with E-state index in [1.807, 2.05) is 6.92 Å². The van der Waals surface area contributed by atoms with E-state index >= 15 is 0 Å². The quantitative estimate of drug-likeness (QED) is 0.788. The molecule has 0 amide bonds. The molecule has 5 heteroatoms. The third-order valence-electron chi connectivity index (χ3n) is 2.77. The summed E-state index contributed by atoms with van der Waals surface area (Å²) in [4.78, 5) is 10.9. The maximum absolute atomic E-state index is 10.9. The van der Waals surface area contributed by atoms with Gasteiger partial charge in [-0.25, -0.2) is 9.48 Å². The number of hydrogen-bond acceptors (Lipinski definition) is 3. The summed E-state index contributed by atoms with van der Waals surface area (Å²) >= 11 is 0. The second-order valence-corrected chi connectivity index (χ2v) is 3.57. The molecule has 1 aromatic heterocycles. The molecule has 5 nitrogen and oxygen atoms in total. The molecule has 0 radical (unpaired) electrons. The highest BCUT2D eigenvalue weighted by Crippen LogP contribution is 2.37. The van der Waals surface area contributed by atoms with E-state index in [4.69, 9.17) is 5.11 Å². The van der Waals surface area contributed by atoms with Gasteiger partial charge < -0.3 is 5.11 Å². The van der Waals surface area contributed by atoms with E-state index in [1.54, 1.807) is 4.68 Å². The molecule has 0 atom stereocenters. The first-order valence-corrected chi connectivity index (χ1v) is 4.90. The molecule has 1 aliphatic rings. The highest BCUT2D eigenvalue weighted by Gasteiger charge is 2.29. The van der Waals surface area contributed by atoms with Crippen LogP contribution in [0.2, 0.25) is 0 Å². The van der Waals surface area contributed by atoms with Crippen LogP contribution in [0.4, 0.5) is 0 Å². The van der Waals surface area contributed by atoms with Crippen LogP contribution in [0.15, 0.2) is 0 Å². The van der Waals surface area contributed by atoms with Crippen LogP contribution >= 0.6 is 0 Å². The molecule has 1 aliphatic carbocycles. The number of rotatable bonds is 3. The van der Waals surface area contributed by atoms with Gasteiger partial charge >= 0.3 is 5.97 Å². The predicted molar refractivity (Wildman–Crippen MR) is 49.2 cm³/mol. The molecule has 0 saturated heterocycles. The van der Waals surface area contributed by atoms with Gasteiger partial charge in [-0.05, 0) is 19.8 Å². The van der Waals surface area contributed by atoms with Gasteiger partial charge in [-0.15, -0.1) is 5.10 Å². The SMILES string of the molecule is CCn1nnc(C(=O)O)c1C1CCC1. The first kappa shape index (κ1) is 9.18. The van der Waals surface area contributed by atoms with E-state index in [0.717, 1.165) is 18.5 Å². The van der Waals surface area contributed by atoms with Crippen LogP contribution in [-0.2, 0) is 6.54 Å². The van der Waals surface area contributed by atoms with Gasteiger partial charge in [0, 0.05) is 12.5 Å². The van der Waals surface area contributed by atoms with Gasteiger partial charge in [0.1, 0.15) is 0 Å². The number of aromatic nitrogens is 3. The van der Waals surface area contributed by atoms with E-state index in [1.165, 1.54) is 6.42 Å². The third-order valence-corrected chi connectivity index (χ3v) is 2.77. The van der Waals surface area contributed by atoms with Gasteiger partial charge in [0.2, 0.25) is 0 Å². The number of carbonyl (C=O) groups is 1. The molecular weight excluding hydrogens is 182 g/mol. The summed E-state index contributed by atoms with van der Waals surface area (Å²) in [6.07, 6.45) is 3.31. The van der Waals surface area contributed by atoms with E-state index < -0.39 is 5.97 Å². The van der Waals surface area contributed by atoms with Crippen LogP contribution in [0.3, 0.4) is 0 Å². The molecule has 1 aromatic rings. The molecule has 0 aromatic carbocycles. The number of hydrogen-bond donors (Lipinski definition) is 1. The molecular formula is C9H13N3O2. The first-order valence-electron chi connectivity index (χ1n) is 4.90. The standard InChI is InChI=1S/C9H13N3O2/c1-2-12-8(6-4-3-5-6)7(9(13)14)10-11-12/h6H,2-5H2,1H3,(H,13,14). The topological polar surface area (TPSA) is 68.0 Å². The fourth-order valence-corrected chi connectivity index (χ4v) is 1.79. The van der Waals surface area contributed by atoms with Gasteiger partial charge in [0.25, 0.3) is 0 Å². The van der Waals surface area contributed by atoms with Gasteiger partial charge in [-0.1, -0.05) is 11.6 Å². The number of nitrogens with zero attached hydrogens (tertiary/aromatic N) is 3. The third kappa shape index (κ3) is 1.29. The second kappa shape index (κ2) is 3.40. The highest BCUT2D eigenvalue weighted by atomic mass is 16.4. The Morgan fingerprint density at radius 2 is 2.36 bits per heavy atom. The van der Waals surface area contributed by atoms with E-state index in [0.29, 0.717) is 12.5 Å². The minimum Gasteiger partial charge on any atom is -0.476 e. The van der Waals surface area contributed by atoms with Crippen molar-refractivity contribution in [1.29, 1.82) is 0 Å². The predicted octanol–water partition coefficient (Wildman–Crippen LogP) is 1.26. The average molecular weight is 195 g/mol. The zero-order valence-electron chi connectivity index (χ0n) is 8.10. The molecule has 0 unspecified atom stereocenters. The molecule has 14 heavy (non-hydrogen) atoms. The second-order valence-electron chi connectivity index (χ2n) is 3.57. The molecule has 1 saturated carbocycles. The van der Waals surface area contributed by atoms with E-state index in [2.05, 4.69) is 10.3 Å².